The Morgan fingerprint density at radius 1 is 1.06 bits per heavy atom. The summed E-state index contributed by atoms with van der Waals surface area (Å²) in [6.07, 6.45) is -3.10. The van der Waals surface area contributed by atoms with E-state index in [1.165, 1.54) is 7.11 Å². The number of aliphatic imine (C=N–C) groups is 1. The van der Waals surface area contributed by atoms with E-state index in [1.54, 1.807) is 25.3 Å². The van der Waals surface area contributed by atoms with E-state index in [9.17, 15) is 22.8 Å². The van der Waals surface area contributed by atoms with Gasteiger partial charge < -0.3 is 20.3 Å². The van der Waals surface area contributed by atoms with Crippen LogP contribution >= 0.6 is 0 Å². The average Bonchev–Trinajstić information content (AvgIpc) is 2.76. The molecule has 0 fully saturated rings. The standard InChI is InChI=1S/C22H35N3O4.C2HF3O2/c1-14(2)7-9-18(26)17(11-15(3)4)24-22(23)25-21(27)13-16-8-10-19(28-5)20(12-16)29-6;3-2(4,5)1(6)7/h8,10,12,14-15,17H,7,9,11,13H2,1-6H3,(H3,23,24,25,27);(H,6,7)/t17-;/m1./s1. The maximum atomic E-state index is 12.5. The number of carbonyl (C=O) groups is 3. The first kappa shape index (κ1) is 32.7. The largest absolute Gasteiger partial charge is 0.493 e. The van der Waals surface area contributed by atoms with E-state index in [2.05, 4.69) is 24.2 Å². The Balaban J connectivity index is 0.00000152. The number of nitrogens with zero attached hydrogens (tertiary/aromatic N) is 1. The van der Waals surface area contributed by atoms with E-state index in [0.717, 1.165) is 12.0 Å². The van der Waals surface area contributed by atoms with E-state index in [-0.39, 0.29) is 24.1 Å². The second-order valence-electron chi connectivity index (χ2n) is 8.78. The Morgan fingerprint density at radius 3 is 2.06 bits per heavy atom. The average molecular weight is 520 g/mol. The molecule has 0 aromatic heterocycles. The summed E-state index contributed by atoms with van der Waals surface area (Å²) in [5.41, 5.74) is 6.67. The monoisotopic (exact) mass is 519 g/mol. The number of amides is 1. The first-order chi connectivity index (χ1) is 16.6. The van der Waals surface area contributed by atoms with E-state index in [4.69, 9.17) is 25.1 Å². The van der Waals surface area contributed by atoms with Crippen LogP contribution in [-0.4, -0.2) is 55.2 Å². The number of hydrogen-bond acceptors (Lipinski definition) is 6. The van der Waals surface area contributed by atoms with Gasteiger partial charge in [0.05, 0.1) is 20.6 Å². The minimum Gasteiger partial charge on any atom is -0.493 e. The minimum absolute atomic E-state index is 0.0287. The smallest absolute Gasteiger partial charge is 0.490 e. The maximum absolute atomic E-state index is 12.5. The summed E-state index contributed by atoms with van der Waals surface area (Å²) < 4.78 is 42.2. The zero-order chi connectivity index (χ0) is 28.1. The van der Waals surface area contributed by atoms with Crippen molar-refractivity contribution in [2.75, 3.05) is 14.2 Å². The van der Waals surface area contributed by atoms with Crippen molar-refractivity contribution >= 4 is 23.6 Å². The predicted octanol–water partition coefficient (Wildman–Crippen LogP) is 3.73. The van der Waals surface area contributed by atoms with Crippen molar-refractivity contribution in [1.82, 2.24) is 5.32 Å². The van der Waals surface area contributed by atoms with Crippen LogP contribution in [0.4, 0.5) is 13.2 Å². The second kappa shape index (κ2) is 15.6. The molecule has 0 saturated heterocycles. The van der Waals surface area contributed by atoms with Crippen LogP contribution in [0.1, 0.15) is 52.5 Å². The van der Waals surface area contributed by atoms with Gasteiger partial charge in [-0.05, 0) is 42.4 Å². The van der Waals surface area contributed by atoms with Crippen LogP contribution in [0.15, 0.2) is 23.2 Å². The number of carboxylic acids is 1. The van der Waals surface area contributed by atoms with Crippen LogP contribution in [-0.2, 0) is 20.8 Å². The fourth-order valence-electron chi connectivity index (χ4n) is 2.86. The number of ketones is 1. The topological polar surface area (TPSA) is 140 Å². The van der Waals surface area contributed by atoms with Crippen LogP contribution < -0.4 is 20.5 Å². The van der Waals surface area contributed by atoms with Gasteiger partial charge in [0.15, 0.2) is 23.2 Å². The number of aliphatic carboxylic acids is 1. The van der Waals surface area contributed by atoms with Crippen molar-refractivity contribution in [2.24, 2.45) is 22.6 Å². The van der Waals surface area contributed by atoms with Crippen LogP contribution in [0.3, 0.4) is 0 Å². The Kier molecular flexibility index (Phi) is 14.2. The number of methoxy groups -OCH3 is 2. The maximum Gasteiger partial charge on any atom is 0.490 e. The van der Waals surface area contributed by atoms with E-state index in [0.29, 0.717) is 36.2 Å². The lowest BCUT2D eigenvalue weighted by Crippen LogP contribution is -2.39. The van der Waals surface area contributed by atoms with Crippen LogP contribution in [0, 0.1) is 11.8 Å². The molecule has 0 aliphatic rings. The molecule has 0 unspecified atom stereocenters. The third-order valence-corrected chi connectivity index (χ3v) is 4.65. The molecule has 0 spiro atoms. The summed E-state index contributed by atoms with van der Waals surface area (Å²) in [5.74, 6) is -1.16. The van der Waals surface area contributed by atoms with Gasteiger partial charge in [0, 0.05) is 6.42 Å². The summed E-state index contributed by atoms with van der Waals surface area (Å²) in [6.45, 7) is 8.22. The zero-order valence-corrected chi connectivity index (χ0v) is 21.4. The van der Waals surface area contributed by atoms with Crippen molar-refractivity contribution in [3.63, 3.8) is 0 Å². The number of ether oxygens (including phenoxy) is 2. The highest BCUT2D eigenvalue weighted by molar-refractivity contribution is 5.98. The lowest BCUT2D eigenvalue weighted by molar-refractivity contribution is -0.192. The summed E-state index contributed by atoms with van der Waals surface area (Å²) in [4.78, 5) is 38.1. The fraction of sp³-hybridized carbons (Fsp3) is 0.583. The molecule has 1 atom stereocenters. The molecule has 0 heterocycles. The van der Waals surface area contributed by atoms with E-state index < -0.39 is 18.2 Å². The molecule has 1 rings (SSSR count). The van der Waals surface area contributed by atoms with Crippen molar-refractivity contribution in [1.29, 1.82) is 0 Å². The number of alkyl halides is 3. The number of hydrogen-bond donors (Lipinski definition) is 3. The zero-order valence-electron chi connectivity index (χ0n) is 21.4. The molecule has 9 nitrogen and oxygen atoms in total. The first-order valence-corrected chi connectivity index (χ1v) is 11.3. The van der Waals surface area contributed by atoms with Gasteiger partial charge in [-0.2, -0.15) is 13.2 Å². The van der Waals surface area contributed by atoms with Crippen molar-refractivity contribution in [2.45, 2.75) is 65.6 Å². The third-order valence-electron chi connectivity index (χ3n) is 4.65. The van der Waals surface area contributed by atoms with Crippen molar-refractivity contribution < 1.29 is 42.1 Å². The van der Waals surface area contributed by atoms with Crippen LogP contribution in [0.25, 0.3) is 0 Å². The number of carboxylic acid groups (broad SMARTS) is 1. The molecule has 36 heavy (non-hydrogen) atoms. The number of nitrogens with two attached hydrogens (primary N) is 1. The Morgan fingerprint density at radius 2 is 1.61 bits per heavy atom. The first-order valence-electron chi connectivity index (χ1n) is 11.3. The Hall–Kier alpha value is -3.31. The number of Topliss-reactive ketones (excluding diaryl/α,β-unsaturated/α-hetero) is 1. The highest BCUT2D eigenvalue weighted by Gasteiger charge is 2.38. The summed E-state index contributed by atoms with van der Waals surface area (Å²) in [7, 11) is 3.09. The number of carbonyl (C=O) groups excluding carboxylic acids is 2. The van der Waals surface area contributed by atoms with Gasteiger partial charge in [-0.1, -0.05) is 33.8 Å². The molecule has 4 N–H and O–H groups in total. The van der Waals surface area contributed by atoms with E-state index in [1.807, 2.05) is 13.8 Å². The lowest BCUT2D eigenvalue weighted by atomic mass is 9.96. The Labute approximate surface area is 209 Å². The minimum atomic E-state index is -5.08. The molecular formula is C24H36F3N3O6. The van der Waals surface area contributed by atoms with Gasteiger partial charge in [0.25, 0.3) is 0 Å². The molecule has 1 aromatic carbocycles. The summed E-state index contributed by atoms with van der Waals surface area (Å²) in [6, 6.07) is 4.73. The van der Waals surface area contributed by atoms with Gasteiger partial charge in [0.2, 0.25) is 5.91 Å². The number of nitrogens with one attached hydrogen (secondary N) is 1. The lowest BCUT2D eigenvalue weighted by Gasteiger charge is -2.16. The van der Waals surface area contributed by atoms with Gasteiger partial charge in [0.1, 0.15) is 6.04 Å². The molecule has 0 radical (unpaired) electrons. The molecule has 0 bridgehead atoms. The van der Waals surface area contributed by atoms with Gasteiger partial charge >= 0.3 is 12.1 Å². The number of guanidine groups is 1. The molecular weight excluding hydrogens is 483 g/mol. The molecule has 12 heteroatoms. The van der Waals surface area contributed by atoms with Gasteiger partial charge in [-0.25, -0.2) is 9.79 Å². The van der Waals surface area contributed by atoms with Gasteiger partial charge in [-0.3, -0.25) is 14.9 Å². The van der Waals surface area contributed by atoms with Crippen LogP contribution in [0.5, 0.6) is 11.5 Å². The molecule has 0 saturated carbocycles. The van der Waals surface area contributed by atoms with E-state index >= 15 is 0 Å². The van der Waals surface area contributed by atoms with Crippen molar-refractivity contribution in [3.05, 3.63) is 23.8 Å². The normalized spacial score (nSPS) is 12.5. The molecule has 0 aliphatic heterocycles. The summed E-state index contributed by atoms with van der Waals surface area (Å²) >= 11 is 0. The molecule has 1 aromatic rings. The predicted molar refractivity (Wildman–Crippen MR) is 129 cm³/mol. The molecule has 1 amide bonds. The highest BCUT2D eigenvalue weighted by Crippen LogP contribution is 2.27. The van der Waals surface area contributed by atoms with Gasteiger partial charge in [-0.15, -0.1) is 0 Å². The number of halogens is 3. The molecule has 204 valence electrons. The Bertz CT molecular complexity index is 902. The van der Waals surface area contributed by atoms with Crippen LogP contribution in [0.2, 0.25) is 0 Å². The quantitative estimate of drug-likeness (QED) is 0.299. The molecule has 0 aliphatic carbocycles. The number of benzene rings is 1. The second-order valence-corrected chi connectivity index (χ2v) is 8.78. The van der Waals surface area contributed by atoms with Crippen molar-refractivity contribution in [3.8, 4) is 11.5 Å². The third kappa shape index (κ3) is 13.5. The fourth-order valence-corrected chi connectivity index (χ4v) is 2.86. The number of rotatable bonds is 11. The highest BCUT2D eigenvalue weighted by atomic mass is 19.4. The SMILES string of the molecule is COc1ccc(CC(=O)NC(N)=N[C@H](CC(C)C)C(=O)CCC(C)C)cc1OC.O=C(O)C(F)(F)F. The summed E-state index contributed by atoms with van der Waals surface area (Å²) in [5, 5.41) is 9.71.